The number of anilines is 1. The minimum absolute atomic E-state index is 0.0692. The molecule has 5 rings (SSSR count). The minimum atomic E-state index is -4.68. The van der Waals surface area contributed by atoms with Crippen molar-refractivity contribution in [2.75, 3.05) is 31.2 Å². The maximum Gasteiger partial charge on any atom is 0.416 e. The van der Waals surface area contributed by atoms with Crippen LogP contribution in [0.5, 0.6) is 0 Å². The first-order valence-electron chi connectivity index (χ1n) is 11.3. The van der Waals surface area contributed by atoms with Gasteiger partial charge in [-0.25, -0.2) is 9.37 Å². The van der Waals surface area contributed by atoms with Gasteiger partial charge in [0.2, 0.25) is 0 Å². The van der Waals surface area contributed by atoms with E-state index in [0.717, 1.165) is 31.9 Å². The van der Waals surface area contributed by atoms with Crippen LogP contribution in [-0.4, -0.2) is 53.5 Å². The van der Waals surface area contributed by atoms with Crippen molar-refractivity contribution in [2.45, 2.75) is 51.4 Å². The summed E-state index contributed by atoms with van der Waals surface area (Å²) in [6, 6.07) is 2.10. The van der Waals surface area contributed by atoms with Gasteiger partial charge >= 0.3 is 6.18 Å². The quantitative estimate of drug-likeness (QED) is 0.556. The third kappa shape index (κ3) is 4.34. The fraction of sp³-hybridized carbons (Fsp3) is 0.522. The van der Waals surface area contributed by atoms with Crippen LogP contribution in [0.4, 0.5) is 23.4 Å². The van der Waals surface area contributed by atoms with Gasteiger partial charge in [-0.1, -0.05) is 5.16 Å². The van der Waals surface area contributed by atoms with Crippen molar-refractivity contribution in [1.29, 1.82) is 0 Å². The minimum Gasteiger partial charge on any atom is -0.380 e. The van der Waals surface area contributed by atoms with Crippen LogP contribution in [0.1, 0.15) is 36.2 Å². The van der Waals surface area contributed by atoms with Crippen molar-refractivity contribution in [3.63, 3.8) is 0 Å². The Bertz CT molecular complexity index is 1200. The van der Waals surface area contributed by atoms with Crippen LogP contribution in [0.15, 0.2) is 16.7 Å². The molecule has 2 fully saturated rings. The Balaban J connectivity index is 1.54. The second kappa shape index (κ2) is 8.77. The zero-order chi connectivity index (χ0) is 24.0. The predicted octanol–water partition coefficient (Wildman–Crippen LogP) is 4.41. The molecule has 11 heteroatoms. The second-order valence-electron chi connectivity index (χ2n) is 8.92. The number of aryl methyl sites for hydroxylation is 2. The number of nitrogens with one attached hydrogen (secondary N) is 1. The van der Waals surface area contributed by atoms with Gasteiger partial charge in [-0.3, -0.25) is 0 Å². The maximum atomic E-state index is 14.9. The highest BCUT2D eigenvalue weighted by atomic mass is 19.4. The molecule has 0 amide bonds. The van der Waals surface area contributed by atoms with E-state index in [1.165, 1.54) is 0 Å². The molecule has 7 nitrogen and oxygen atoms in total. The zero-order valence-electron chi connectivity index (χ0n) is 18.9. The van der Waals surface area contributed by atoms with Crippen LogP contribution in [0.2, 0.25) is 0 Å². The molecule has 0 spiro atoms. The fourth-order valence-electron chi connectivity index (χ4n) is 4.77. The molecule has 2 aliphatic rings. The highest BCUT2D eigenvalue weighted by molar-refractivity contribution is 5.93. The Morgan fingerprint density at radius 3 is 2.44 bits per heavy atom. The summed E-state index contributed by atoms with van der Waals surface area (Å²) in [7, 11) is 0. The Kier molecular flexibility index (Phi) is 5.93. The first kappa shape index (κ1) is 23.0. The maximum absolute atomic E-state index is 14.9. The molecule has 1 aromatic carbocycles. The van der Waals surface area contributed by atoms with Gasteiger partial charge < -0.3 is 19.5 Å². The average Bonchev–Trinajstić information content (AvgIpc) is 3.45. The molecule has 2 aromatic heterocycles. The van der Waals surface area contributed by atoms with Crippen molar-refractivity contribution < 1.29 is 26.8 Å². The van der Waals surface area contributed by atoms with Gasteiger partial charge in [0, 0.05) is 37.2 Å². The van der Waals surface area contributed by atoms with Gasteiger partial charge in [0.05, 0.1) is 17.7 Å². The SMILES string of the molecule is Cc1noc(-c2c(N3CCC(N[C@H]4CCOC4)CC3)nc3c(F)cc(C(F)(F)F)cc3c2C)n1. The lowest BCUT2D eigenvalue weighted by molar-refractivity contribution is -0.137. The van der Waals surface area contributed by atoms with E-state index in [2.05, 4.69) is 20.4 Å². The standard InChI is InChI=1S/C23H25F4N5O2/c1-12-17-9-14(23(25,26)27)10-18(24)20(17)30-21(19(12)22-28-13(2)31-34-22)32-6-3-15(4-7-32)29-16-5-8-33-11-16/h9-10,15-16,29H,3-8,11H2,1-2H3/t16-/m0/s1. The predicted molar refractivity (Wildman–Crippen MR) is 117 cm³/mol. The molecule has 2 saturated heterocycles. The molecule has 1 atom stereocenters. The summed E-state index contributed by atoms with van der Waals surface area (Å²) in [4.78, 5) is 10.8. The number of halogens is 4. The Labute approximate surface area is 193 Å². The van der Waals surface area contributed by atoms with E-state index in [4.69, 9.17) is 9.26 Å². The Morgan fingerprint density at radius 2 is 1.82 bits per heavy atom. The molecular weight excluding hydrogens is 454 g/mol. The van der Waals surface area contributed by atoms with Gasteiger partial charge in [0.25, 0.3) is 5.89 Å². The number of rotatable bonds is 4. The summed E-state index contributed by atoms with van der Waals surface area (Å²) < 4.78 is 65.8. The third-order valence-corrected chi connectivity index (χ3v) is 6.55. The number of piperidine rings is 1. The summed E-state index contributed by atoms with van der Waals surface area (Å²) in [5.74, 6) is -0.0342. The van der Waals surface area contributed by atoms with Crippen LogP contribution in [0.3, 0.4) is 0 Å². The first-order valence-corrected chi connectivity index (χ1v) is 11.3. The Morgan fingerprint density at radius 1 is 1.06 bits per heavy atom. The van der Waals surface area contributed by atoms with E-state index in [-0.39, 0.29) is 16.8 Å². The second-order valence-corrected chi connectivity index (χ2v) is 8.92. The summed E-state index contributed by atoms with van der Waals surface area (Å²) >= 11 is 0. The van der Waals surface area contributed by atoms with E-state index in [1.807, 2.05) is 4.90 Å². The van der Waals surface area contributed by atoms with E-state index in [9.17, 15) is 17.6 Å². The lowest BCUT2D eigenvalue weighted by atomic mass is 9.98. The van der Waals surface area contributed by atoms with Crippen molar-refractivity contribution in [1.82, 2.24) is 20.4 Å². The van der Waals surface area contributed by atoms with Gasteiger partial charge in [-0.15, -0.1) is 0 Å². The molecule has 2 aliphatic heterocycles. The van der Waals surface area contributed by atoms with Gasteiger partial charge in [0.15, 0.2) is 5.82 Å². The summed E-state index contributed by atoms with van der Waals surface area (Å²) in [6.45, 7) is 6.06. The number of nitrogens with zero attached hydrogens (tertiary/aromatic N) is 4. The summed E-state index contributed by atoms with van der Waals surface area (Å²) in [5, 5.41) is 7.54. The molecule has 1 N–H and O–H groups in total. The summed E-state index contributed by atoms with van der Waals surface area (Å²) in [6.07, 6.45) is -2.01. The number of ether oxygens (including phenoxy) is 1. The van der Waals surface area contributed by atoms with Crippen molar-refractivity contribution in [3.8, 4) is 11.5 Å². The molecular formula is C23H25F4N5O2. The molecule has 0 aliphatic carbocycles. The molecule has 0 bridgehead atoms. The molecule has 0 saturated carbocycles. The number of pyridine rings is 1. The van der Waals surface area contributed by atoms with Crippen molar-refractivity contribution in [3.05, 3.63) is 34.9 Å². The van der Waals surface area contributed by atoms with E-state index in [0.29, 0.717) is 60.6 Å². The van der Waals surface area contributed by atoms with Crippen molar-refractivity contribution >= 4 is 16.7 Å². The van der Waals surface area contributed by atoms with Crippen LogP contribution in [0, 0.1) is 19.7 Å². The van der Waals surface area contributed by atoms with Crippen molar-refractivity contribution in [2.24, 2.45) is 0 Å². The number of aromatic nitrogens is 3. The number of benzene rings is 1. The van der Waals surface area contributed by atoms with Gasteiger partial charge in [0.1, 0.15) is 17.2 Å². The smallest absolute Gasteiger partial charge is 0.380 e. The average molecular weight is 479 g/mol. The van der Waals surface area contributed by atoms with Gasteiger partial charge in [-0.05, 0) is 50.8 Å². The number of fused-ring (bicyclic) bond motifs is 1. The lowest BCUT2D eigenvalue weighted by Gasteiger charge is -2.35. The molecule has 34 heavy (non-hydrogen) atoms. The fourth-order valence-corrected chi connectivity index (χ4v) is 4.77. The van der Waals surface area contributed by atoms with Crippen LogP contribution in [-0.2, 0) is 10.9 Å². The van der Waals surface area contributed by atoms with E-state index >= 15 is 0 Å². The lowest BCUT2D eigenvalue weighted by Crippen LogP contribution is -2.46. The molecule has 0 unspecified atom stereocenters. The Hall–Kier alpha value is -2.79. The number of hydrogen-bond donors (Lipinski definition) is 1. The molecule has 0 radical (unpaired) electrons. The highest BCUT2D eigenvalue weighted by Crippen LogP contribution is 2.40. The first-order chi connectivity index (χ1) is 16.2. The van der Waals surface area contributed by atoms with Crippen LogP contribution >= 0.6 is 0 Å². The largest absolute Gasteiger partial charge is 0.416 e. The normalized spacial score (nSPS) is 19.9. The van der Waals surface area contributed by atoms with Crippen LogP contribution < -0.4 is 10.2 Å². The summed E-state index contributed by atoms with van der Waals surface area (Å²) in [5.41, 5.74) is -0.325. The number of alkyl halides is 3. The van der Waals surface area contributed by atoms with E-state index in [1.54, 1.807) is 13.8 Å². The molecule has 182 valence electrons. The van der Waals surface area contributed by atoms with Gasteiger partial charge in [-0.2, -0.15) is 18.2 Å². The topological polar surface area (TPSA) is 76.3 Å². The zero-order valence-corrected chi connectivity index (χ0v) is 18.9. The number of hydrogen-bond acceptors (Lipinski definition) is 7. The van der Waals surface area contributed by atoms with Crippen LogP contribution in [0.25, 0.3) is 22.4 Å². The third-order valence-electron chi connectivity index (χ3n) is 6.55. The molecule has 4 heterocycles. The molecule has 3 aromatic rings. The highest BCUT2D eigenvalue weighted by Gasteiger charge is 2.34. The van der Waals surface area contributed by atoms with E-state index < -0.39 is 17.6 Å². The monoisotopic (exact) mass is 479 g/mol.